The Kier molecular flexibility index (Phi) is 4.50. The largest absolute Gasteiger partial charge is 0.495 e. The molecule has 0 spiro atoms. The molecule has 1 aliphatic rings. The zero-order valence-electron chi connectivity index (χ0n) is 12.7. The van der Waals surface area contributed by atoms with Crippen molar-refractivity contribution in [2.75, 3.05) is 25.7 Å². The molecule has 2 aromatic rings. The van der Waals surface area contributed by atoms with Gasteiger partial charge < -0.3 is 14.5 Å². The van der Waals surface area contributed by atoms with Crippen LogP contribution in [0.25, 0.3) is 11.1 Å². The van der Waals surface area contributed by atoms with Crippen LogP contribution >= 0.6 is 27.5 Å². The van der Waals surface area contributed by atoms with Gasteiger partial charge in [0.25, 0.3) is 0 Å². The normalized spacial score (nSPS) is 13.8. The van der Waals surface area contributed by atoms with Gasteiger partial charge in [0.15, 0.2) is 0 Å². The monoisotopic (exact) mass is 396 g/mol. The van der Waals surface area contributed by atoms with Crippen LogP contribution in [0.3, 0.4) is 0 Å². The van der Waals surface area contributed by atoms with Gasteiger partial charge >= 0.3 is 0 Å². The summed E-state index contributed by atoms with van der Waals surface area (Å²) in [7, 11) is 3.55. The molecule has 0 atom stereocenters. The Morgan fingerprint density at radius 2 is 2.00 bits per heavy atom. The predicted molar refractivity (Wildman–Crippen MR) is 95.3 cm³/mol. The van der Waals surface area contributed by atoms with E-state index in [4.69, 9.17) is 16.3 Å². The summed E-state index contributed by atoms with van der Waals surface area (Å²) in [6, 6.07) is 8.49. The van der Waals surface area contributed by atoms with Crippen molar-refractivity contribution in [1.29, 1.82) is 0 Å². The van der Waals surface area contributed by atoms with Gasteiger partial charge in [-0.2, -0.15) is 0 Å². The zero-order chi connectivity index (χ0) is 16.6. The smallest absolute Gasteiger partial charge is 0.141 e. The summed E-state index contributed by atoms with van der Waals surface area (Å²) in [4.78, 5) is 4.10. The van der Waals surface area contributed by atoms with E-state index in [1.165, 1.54) is 12.1 Å². The second kappa shape index (κ2) is 6.42. The van der Waals surface area contributed by atoms with Gasteiger partial charge in [0, 0.05) is 25.0 Å². The minimum atomic E-state index is -0.336. The van der Waals surface area contributed by atoms with Crippen LogP contribution in [0, 0.1) is 5.82 Å². The highest BCUT2D eigenvalue weighted by Crippen LogP contribution is 2.40. The highest BCUT2D eigenvalue weighted by atomic mass is 79.9. The molecule has 3 nitrogen and oxygen atoms in total. The van der Waals surface area contributed by atoms with Gasteiger partial charge in [0.05, 0.1) is 29.0 Å². The number of halogens is 3. The number of anilines is 1. The number of nitrogens with zero attached hydrogens (tertiary/aromatic N) is 2. The van der Waals surface area contributed by atoms with E-state index in [2.05, 4.69) is 20.8 Å². The number of benzene rings is 2. The molecular formula is C17H15BrClFN2O. The standard InChI is InChI=1S/C17H15BrClFN2O/c1-21-5-6-22(10-21)16-4-3-11(7-15(16)19)13-8-12(20)9-14(18)17(13)23-2/h3-9H,10H2,1-2H3. The number of hydrogen-bond acceptors (Lipinski definition) is 3. The first kappa shape index (κ1) is 16.1. The maximum atomic E-state index is 13.8. The molecule has 0 amide bonds. The number of hydrogen-bond donors (Lipinski definition) is 0. The van der Waals surface area contributed by atoms with Gasteiger partial charge in [-0.1, -0.05) is 17.7 Å². The maximum Gasteiger partial charge on any atom is 0.141 e. The van der Waals surface area contributed by atoms with Crippen molar-refractivity contribution in [3.63, 3.8) is 0 Å². The lowest BCUT2D eigenvalue weighted by atomic mass is 10.0. The number of methoxy groups -OCH3 is 1. The molecule has 23 heavy (non-hydrogen) atoms. The van der Waals surface area contributed by atoms with Crippen LogP contribution in [-0.2, 0) is 0 Å². The van der Waals surface area contributed by atoms with Gasteiger partial charge in [-0.25, -0.2) is 4.39 Å². The average Bonchev–Trinajstić information content (AvgIpc) is 2.92. The van der Waals surface area contributed by atoms with Crippen LogP contribution in [0.1, 0.15) is 0 Å². The number of rotatable bonds is 3. The first-order chi connectivity index (χ1) is 11.0. The van der Waals surface area contributed by atoms with Gasteiger partial charge in [-0.05, 0) is 45.8 Å². The lowest BCUT2D eigenvalue weighted by Crippen LogP contribution is -2.21. The van der Waals surface area contributed by atoms with Crippen LogP contribution in [0.5, 0.6) is 5.75 Å². The minimum absolute atomic E-state index is 0.336. The zero-order valence-corrected chi connectivity index (χ0v) is 15.0. The molecular weight excluding hydrogens is 383 g/mol. The first-order valence-electron chi connectivity index (χ1n) is 6.98. The van der Waals surface area contributed by atoms with Crippen molar-refractivity contribution in [2.45, 2.75) is 0 Å². The second-order valence-corrected chi connectivity index (χ2v) is 6.56. The van der Waals surface area contributed by atoms with Crippen LogP contribution in [0.15, 0.2) is 47.2 Å². The molecule has 0 radical (unpaired) electrons. The lowest BCUT2D eigenvalue weighted by Gasteiger charge is -2.20. The Balaban J connectivity index is 2.03. The minimum Gasteiger partial charge on any atom is -0.495 e. The van der Waals surface area contributed by atoms with E-state index in [0.717, 1.165) is 17.9 Å². The van der Waals surface area contributed by atoms with Crippen molar-refractivity contribution < 1.29 is 9.13 Å². The SMILES string of the molecule is COc1c(Br)cc(F)cc1-c1ccc(N2C=CN(C)C2)c(Cl)c1. The Bertz CT molecular complexity index is 781. The average molecular weight is 398 g/mol. The Hall–Kier alpha value is -1.72. The molecule has 1 aliphatic heterocycles. The van der Waals surface area contributed by atoms with E-state index in [1.54, 1.807) is 7.11 Å². The fraction of sp³-hybridized carbons (Fsp3) is 0.176. The highest BCUT2D eigenvalue weighted by molar-refractivity contribution is 9.10. The van der Waals surface area contributed by atoms with Crippen molar-refractivity contribution in [1.82, 2.24) is 4.90 Å². The summed E-state index contributed by atoms with van der Waals surface area (Å²) in [6.45, 7) is 0.744. The van der Waals surface area contributed by atoms with Gasteiger partial charge in [0.2, 0.25) is 0 Å². The molecule has 1 heterocycles. The third-order valence-corrected chi connectivity index (χ3v) is 4.55. The molecule has 2 aromatic carbocycles. The van der Waals surface area contributed by atoms with E-state index < -0.39 is 0 Å². The molecule has 120 valence electrons. The Morgan fingerprint density at radius 1 is 1.22 bits per heavy atom. The third-order valence-electron chi connectivity index (χ3n) is 3.66. The topological polar surface area (TPSA) is 15.7 Å². The molecule has 0 fully saturated rings. The lowest BCUT2D eigenvalue weighted by molar-refractivity contribution is 0.412. The highest BCUT2D eigenvalue weighted by Gasteiger charge is 2.17. The molecule has 3 rings (SSSR count). The summed E-state index contributed by atoms with van der Waals surface area (Å²) in [5.41, 5.74) is 2.36. The molecule has 0 aromatic heterocycles. The molecule has 6 heteroatoms. The summed E-state index contributed by atoms with van der Waals surface area (Å²) in [6.07, 6.45) is 3.96. The van der Waals surface area contributed by atoms with Gasteiger partial charge in [-0.15, -0.1) is 0 Å². The Labute approximate surface area is 148 Å². The molecule has 0 unspecified atom stereocenters. The fourth-order valence-electron chi connectivity index (χ4n) is 2.57. The van der Waals surface area contributed by atoms with Gasteiger partial charge in [-0.3, -0.25) is 0 Å². The fourth-order valence-corrected chi connectivity index (χ4v) is 3.46. The van der Waals surface area contributed by atoms with E-state index in [9.17, 15) is 4.39 Å². The van der Waals surface area contributed by atoms with Crippen LogP contribution < -0.4 is 9.64 Å². The molecule has 0 N–H and O–H groups in total. The number of ether oxygens (including phenoxy) is 1. The third kappa shape index (κ3) is 3.16. The van der Waals surface area contributed by atoms with Crippen molar-refractivity contribution in [3.8, 4) is 16.9 Å². The van der Waals surface area contributed by atoms with Crippen molar-refractivity contribution in [2.24, 2.45) is 0 Å². The van der Waals surface area contributed by atoms with Crippen LogP contribution in [-0.4, -0.2) is 25.7 Å². The summed E-state index contributed by atoms with van der Waals surface area (Å²) < 4.78 is 19.7. The molecule has 0 saturated carbocycles. The molecule has 0 saturated heterocycles. The van der Waals surface area contributed by atoms with Gasteiger partial charge in [0.1, 0.15) is 11.6 Å². The quantitative estimate of drug-likeness (QED) is 0.717. The van der Waals surface area contributed by atoms with E-state index in [0.29, 0.717) is 20.8 Å². The molecule has 0 aliphatic carbocycles. The van der Waals surface area contributed by atoms with Crippen LogP contribution in [0.4, 0.5) is 10.1 Å². The summed E-state index contributed by atoms with van der Waals surface area (Å²) >= 11 is 9.77. The first-order valence-corrected chi connectivity index (χ1v) is 8.15. The van der Waals surface area contributed by atoms with Crippen molar-refractivity contribution in [3.05, 3.63) is 58.0 Å². The molecule has 0 bridgehead atoms. The second-order valence-electron chi connectivity index (χ2n) is 5.30. The maximum absolute atomic E-state index is 13.8. The summed E-state index contributed by atoms with van der Waals surface area (Å²) in [5.74, 6) is 0.244. The van der Waals surface area contributed by atoms with E-state index >= 15 is 0 Å². The van der Waals surface area contributed by atoms with Crippen molar-refractivity contribution >= 4 is 33.2 Å². The summed E-state index contributed by atoms with van der Waals surface area (Å²) in [5, 5.41) is 0.602. The Morgan fingerprint density at radius 3 is 2.61 bits per heavy atom. The van der Waals surface area contributed by atoms with E-state index in [-0.39, 0.29) is 5.82 Å². The van der Waals surface area contributed by atoms with E-state index in [1.807, 2.05) is 42.5 Å². The van der Waals surface area contributed by atoms with Crippen LogP contribution in [0.2, 0.25) is 5.02 Å². The predicted octanol–water partition coefficient (Wildman–Crippen LogP) is 5.10.